The number of aryl methyl sites for hydroxylation is 1. The van der Waals surface area contributed by atoms with E-state index in [2.05, 4.69) is 0 Å². The van der Waals surface area contributed by atoms with Crippen molar-refractivity contribution in [3.05, 3.63) is 42.0 Å². The van der Waals surface area contributed by atoms with Crippen molar-refractivity contribution < 1.29 is 13.0 Å². The lowest BCUT2D eigenvalue weighted by Crippen LogP contribution is -1.99. The first kappa shape index (κ1) is 10.1. The topological polar surface area (TPSA) is 57.2 Å². The summed E-state index contributed by atoms with van der Waals surface area (Å²) in [6.45, 7) is 1.88. The van der Waals surface area contributed by atoms with E-state index in [9.17, 15) is 13.0 Å². The first-order valence-electron chi connectivity index (χ1n) is 4.44. The van der Waals surface area contributed by atoms with Crippen LogP contribution in [0.15, 0.2) is 41.3 Å². The van der Waals surface area contributed by atoms with Gasteiger partial charge in [-0.3, -0.25) is 0 Å². The first-order valence-corrected chi connectivity index (χ1v) is 5.85. The molecule has 0 atom stereocenters. The predicted molar refractivity (Wildman–Crippen MR) is 56.6 cm³/mol. The molecule has 4 heteroatoms. The Morgan fingerprint density at radius 3 is 2.20 bits per heavy atom. The van der Waals surface area contributed by atoms with Crippen LogP contribution >= 0.6 is 0 Å². The molecule has 3 nitrogen and oxygen atoms in total. The van der Waals surface area contributed by atoms with Gasteiger partial charge in [-0.25, -0.2) is 8.42 Å². The summed E-state index contributed by atoms with van der Waals surface area (Å²) < 4.78 is 33.0. The summed E-state index contributed by atoms with van der Waals surface area (Å²) >= 11 is 0. The van der Waals surface area contributed by atoms with Crippen LogP contribution in [0, 0.1) is 6.92 Å². The summed E-state index contributed by atoms with van der Waals surface area (Å²) in [5.74, 6) is 0. The van der Waals surface area contributed by atoms with Crippen LogP contribution in [0.2, 0.25) is 0 Å². The number of rotatable bonds is 1. The third-order valence-corrected chi connectivity index (χ3v) is 3.27. The Kier molecular flexibility index (Phi) is 2.25. The molecule has 2 aromatic carbocycles. The van der Waals surface area contributed by atoms with Gasteiger partial charge >= 0.3 is 0 Å². The second-order valence-electron chi connectivity index (χ2n) is 3.38. The maximum absolute atomic E-state index is 11.0. The molecule has 0 aliphatic carbocycles. The predicted octanol–water partition coefficient (Wildman–Crippen LogP) is 2.05. The molecule has 0 bridgehead atoms. The maximum Gasteiger partial charge on any atom is 0.125 e. The van der Waals surface area contributed by atoms with E-state index in [0.29, 0.717) is 5.39 Å². The molecule has 0 N–H and O–H groups in total. The molecule has 0 saturated heterocycles. The van der Waals surface area contributed by atoms with E-state index in [1.165, 1.54) is 6.07 Å². The Morgan fingerprint density at radius 1 is 1.00 bits per heavy atom. The van der Waals surface area contributed by atoms with Gasteiger partial charge in [-0.15, -0.1) is 0 Å². The molecule has 0 aliphatic rings. The molecule has 15 heavy (non-hydrogen) atoms. The lowest BCUT2D eigenvalue weighted by molar-refractivity contribution is 0.464. The third kappa shape index (κ3) is 1.73. The lowest BCUT2D eigenvalue weighted by Gasteiger charge is -2.11. The van der Waals surface area contributed by atoms with Crippen LogP contribution in [0.1, 0.15) is 5.56 Å². The van der Waals surface area contributed by atoms with Crippen molar-refractivity contribution in [2.45, 2.75) is 11.8 Å². The summed E-state index contributed by atoms with van der Waals surface area (Å²) in [5, 5.41) is 1.29. The molecule has 2 rings (SSSR count). The van der Waals surface area contributed by atoms with Crippen LogP contribution in [0.4, 0.5) is 0 Å². The highest BCUT2D eigenvalue weighted by Gasteiger charge is 2.07. The average molecular weight is 221 g/mol. The summed E-state index contributed by atoms with van der Waals surface area (Å²) in [6.07, 6.45) is 0. The van der Waals surface area contributed by atoms with Crippen molar-refractivity contribution in [2.24, 2.45) is 0 Å². The van der Waals surface area contributed by atoms with E-state index in [1.807, 2.05) is 13.0 Å². The summed E-state index contributed by atoms with van der Waals surface area (Å²) in [5.41, 5.74) is 0.956. The zero-order chi connectivity index (χ0) is 11.1. The Bertz CT molecular complexity index is 615. The number of fused-ring (bicyclic) bond motifs is 1. The Labute approximate surface area is 88.1 Å². The Hall–Kier alpha value is -1.39. The summed E-state index contributed by atoms with van der Waals surface area (Å²) in [6, 6.07) is 9.99. The van der Waals surface area contributed by atoms with Crippen molar-refractivity contribution in [3.8, 4) is 0 Å². The van der Waals surface area contributed by atoms with Crippen LogP contribution < -0.4 is 0 Å². The molecule has 78 valence electrons. The fourth-order valence-corrected chi connectivity index (χ4v) is 2.32. The molecule has 0 aromatic heterocycles. The van der Waals surface area contributed by atoms with E-state index < -0.39 is 10.1 Å². The molecule has 0 heterocycles. The molecular weight excluding hydrogens is 212 g/mol. The fraction of sp³-hybridized carbons (Fsp3) is 0.0909. The van der Waals surface area contributed by atoms with Gasteiger partial charge in [0.1, 0.15) is 10.1 Å². The summed E-state index contributed by atoms with van der Waals surface area (Å²) in [4.78, 5) is -0.149. The van der Waals surface area contributed by atoms with E-state index in [0.717, 1.165) is 10.9 Å². The minimum absolute atomic E-state index is 0.149. The van der Waals surface area contributed by atoms with Gasteiger partial charge in [-0.2, -0.15) is 0 Å². The van der Waals surface area contributed by atoms with Crippen LogP contribution in [0.3, 0.4) is 0 Å². The molecule has 0 aliphatic heterocycles. The zero-order valence-electron chi connectivity index (χ0n) is 8.10. The monoisotopic (exact) mass is 221 g/mol. The Morgan fingerprint density at radius 2 is 1.60 bits per heavy atom. The minimum Gasteiger partial charge on any atom is -0.744 e. The van der Waals surface area contributed by atoms with Crippen molar-refractivity contribution in [1.29, 1.82) is 0 Å². The van der Waals surface area contributed by atoms with Gasteiger partial charge in [-0.1, -0.05) is 30.3 Å². The van der Waals surface area contributed by atoms with Gasteiger partial charge in [0.05, 0.1) is 4.90 Å². The summed E-state index contributed by atoms with van der Waals surface area (Å²) in [7, 11) is -4.40. The van der Waals surface area contributed by atoms with Crippen LogP contribution in [-0.2, 0) is 10.1 Å². The molecule has 0 radical (unpaired) electrons. The molecule has 2 aromatic rings. The van der Waals surface area contributed by atoms with E-state index in [1.54, 1.807) is 24.3 Å². The fourth-order valence-electron chi connectivity index (χ4n) is 1.64. The van der Waals surface area contributed by atoms with Crippen molar-refractivity contribution in [3.63, 3.8) is 0 Å². The molecule has 0 saturated carbocycles. The Balaban J connectivity index is 2.96. The van der Waals surface area contributed by atoms with E-state index in [4.69, 9.17) is 0 Å². The number of hydrogen-bond acceptors (Lipinski definition) is 3. The van der Waals surface area contributed by atoms with Crippen LogP contribution in [0.25, 0.3) is 10.8 Å². The highest BCUT2D eigenvalue weighted by atomic mass is 32.2. The first-order chi connectivity index (χ1) is 7.00. The molecular formula is C11H9O3S-. The van der Waals surface area contributed by atoms with Crippen molar-refractivity contribution in [1.82, 2.24) is 0 Å². The second-order valence-corrected chi connectivity index (χ2v) is 4.73. The van der Waals surface area contributed by atoms with Crippen LogP contribution in [0.5, 0.6) is 0 Å². The van der Waals surface area contributed by atoms with Gasteiger partial charge in [0.25, 0.3) is 0 Å². The van der Waals surface area contributed by atoms with Gasteiger partial charge in [-0.05, 0) is 29.3 Å². The largest absolute Gasteiger partial charge is 0.744 e. The zero-order valence-corrected chi connectivity index (χ0v) is 8.91. The van der Waals surface area contributed by atoms with Crippen molar-refractivity contribution in [2.75, 3.05) is 0 Å². The molecule has 0 spiro atoms. The number of hydrogen-bond donors (Lipinski definition) is 0. The van der Waals surface area contributed by atoms with E-state index in [-0.39, 0.29) is 4.90 Å². The van der Waals surface area contributed by atoms with Gasteiger partial charge < -0.3 is 4.55 Å². The van der Waals surface area contributed by atoms with Gasteiger partial charge in [0, 0.05) is 0 Å². The van der Waals surface area contributed by atoms with Gasteiger partial charge in [0.2, 0.25) is 0 Å². The van der Waals surface area contributed by atoms with Gasteiger partial charge in [0.15, 0.2) is 0 Å². The SMILES string of the molecule is Cc1ccc(S(=O)(=O)[O-])c2ccccc12. The molecule has 0 unspecified atom stereocenters. The maximum atomic E-state index is 11.0. The minimum atomic E-state index is -4.40. The normalized spacial score (nSPS) is 11.9. The third-order valence-electron chi connectivity index (χ3n) is 2.37. The van der Waals surface area contributed by atoms with E-state index >= 15 is 0 Å². The smallest absolute Gasteiger partial charge is 0.125 e. The quantitative estimate of drug-likeness (QED) is 0.692. The lowest BCUT2D eigenvalue weighted by atomic mass is 10.1. The van der Waals surface area contributed by atoms with Crippen molar-refractivity contribution >= 4 is 20.9 Å². The molecule has 0 amide bonds. The van der Waals surface area contributed by atoms with Crippen LogP contribution in [-0.4, -0.2) is 13.0 Å². The standard InChI is InChI=1S/C11H10O3S/c1-8-6-7-11(15(12,13)14)10-5-3-2-4-9(8)10/h2-7H,1H3,(H,12,13,14)/p-1. The second kappa shape index (κ2) is 3.32. The highest BCUT2D eigenvalue weighted by molar-refractivity contribution is 7.86. The molecule has 0 fully saturated rings. The highest BCUT2D eigenvalue weighted by Crippen LogP contribution is 2.25. The number of benzene rings is 2. The average Bonchev–Trinajstić information content (AvgIpc) is 2.17.